The van der Waals surface area contributed by atoms with Crippen LogP contribution in [0.4, 0.5) is 0 Å². The van der Waals surface area contributed by atoms with Gasteiger partial charge in [-0.2, -0.15) is 10.2 Å². The Morgan fingerprint density at radius 2 is 1.04 bits per heavy atom. The minimum atomic E-state index is -0.744. The highest BCUT2D eigenvalue weighted by atomic mass is 16.3. The quantitative estimate of drug-likeness (QED) is 0.162. The van der Waals surface area contributed by atoms with Crippen molar-refractivity contribution in [3.63, 3.8) is 0 Å². The number of H-pyrrole nitrogens is 2. The van der Waals surface area contributed by atoms with E-state index in [0.717, 1.165) is 120 Å². The average Bonchev–Trinajstić information content (AvgIpc) is 3.84. The summed E-state index contributed by atoms with van der Waals surface area (Å²) in [5, 5.41) is 56.3. The number of pyridine rings is 2. The van der Waals surface area contributed by atoms with Crippen LogP contribution in [0.1, 0.15) is 102 Å². The summed E-state index contributed by atoms with van der Waals surface area (Å²) >= 11 is 0. The first-order valence-corrected chi connectivity index (χ1v) is 21.6. The second-order valence-electron chi connectivity index (χ2n) is 19.1. The van der Waals surface area contributed by atoms with Crippen molar-refractivity contribution in [3.8, 4) is 0 Å². The van der Waals surface area contributed by atoms with E-state index in [1.165, 1.54) is 25.7 Å². The van der Waals surface area contributed by atoms with E-state index in [1.807, 2.05) is 34.6 Å². The van der Waals surface area contributed by atoms with E-state index in [-0.39, 0.29) is 0 Å². The molecule has 0 spiro atoms. The summed E-state index contributed by atoms with van der Waals surface area (Å²) in [7, 11) is -1.49. The minimum Gasteiger partial charge on any atom is -0.428 e. The van der Waals surface area contributed by atoms with Crippen LogP contribution in [0.25, 0.3) is 22.1 Å². The zero-order valence-corrected chi connectivity index (χ0v) is 32.6. The molecule has 14 heteroatoms. The highest BCUT2D eigenvalue weighted by molar-refractivity contribution is 6.67. The van der Waals surface area contributed by atoms with E-state index in [4.69, 9.17) is 10.2 Å². The van der Waals surface area contributed by atoms with Gasteiger partial charge in [0, 0.05) is 82.5 Å². The van der Waals surface area contributed by atoms with Crippen molar-refractivity contribution in [2.75, 3.05) is 13.1 Å². The smallest absolute Gasteiger partial charge is 0.428 e. The molecule has 292 valence electrons. The van der Waals surface area contributed by atoms with E-state index in [1.54, 1.807) is 0 Å². The van der Waals surface area contributed by atoms with Crippen LogP contribution in [0.15, 0.2) is 47.1 Å². The Labute approximate surface area is 328 Å². The molecular formula is C42H54B2N8O4. The molecule has 8 aliphatic carbocycles. The van der Waals surface area contributed by atoms with Gasteiger partial charge in [0.2, 0.25) is 0 Å². The number of aliphatic hydroxyl groups is 2. The lowest BCUT2D eigenvalue weighted by atomic mass is 9.48. The van der Waals surface area contributed by atoms with Gasteiger partial charge in [-0.1, -0.05) is 13.8 Å². The summed E-state index contributed by atoms with van der Waals surface area (Å²) in [5.41, 5.74) is 6.96. The normalized spacial score (nSPS) is 36.2. The van der Waals surface area contributed by atoms with Crippen molar-refractivity contribution in [3.05, 3.63) is 48.0 Å². The molecule has 0 aromatic carbocycles. The fourth-order valence-corrected chi connectivity index (χ4v) is 13.9. The Kier molecular flexibility index (Phi) is 8.16. The lowest BCUT2D eigenvalue weighted by Gasteiger charge is -2.58. The van der Waals surface area contributed by atoms with Crippen LogP contribution in [0.2, 0.25) is 0 Å². The number of hydrazone groups is 2. The molecule has 8 bridgehead atoms. The zero-order valence-electron chi connectivity index (χ0n) is 32.6. The molecule has 8 saturated carbocycles. The summed E-state index contributed by atoms with van der Waals surface area (Å²) in [4.78, 5) is 19.2. The Balaban J connectivity index is 0.000000130. The number of hydrogen-bond acceptors (Lipinski definition) is 10. The van der Waals surface area contributed by atoms with Gasteiger partial charge in [-0.05, 0) is 125 Å². The monoisotopic (exact) mass is 756 g/mol. The summed E-state index contributed by atoms with van der Waals surface area (Å²) in [5.74, 6) is 4.03. The van der Waals surface area contributed by atoms with E-state index < -0.39 is 25.3 Å². The Bertz CT molecular complexity index is 2070. The molecule has 4 unspecified atom stereocenters. The highest BCUT2D eigenvalue weighted by Crippen LogP contribution is 2.60. The van der Waals surface area contributed by atoms with Crippen LogP contribution < -0.4 is 10.9 Å². The number of aromatic nitrogens is 4. The zero-order chi connectivity index (χ0) is 38.1. The fraction of sp³-hybridized carbons (Fsp3) is 0.619. The van der Waals surface area contributed by atoms with Crippen molar-refractivity contribution >= 4 is 58.5 Å². The number of rotatable bonds is 6. The highest BCUT2D eigenvalue weighted by Gasteiger charge is 2.58. The number of nitrogens with one attached hydrogen (secondary N) is 2. The van der Waals surface area contributed by atoms with E-state index >= 15 is 0 Å². The maximum absolute atomic E-state index is 11.0. The molecule has 4 atom stereocenters. The molecule has 10 aliphatic rings. The molecule has 14 rings (SSSR count). The number of fused-ring (bicyclic) bond motifs is 6. The van der Waals surface area contributed by atoms with Crippen molar-refractivity contribution < 1.29 is 20.3 Å². The van der Waals surface area contributed by atoms with Gasteiger partial charge in [0.15, 0.2) is 0 Å². The standard InChI is InChI=1S/2C21H27BN4O2/c2*1-2-5-26-22(28)16-11-24-20-15(3-4-23-20)18(16)19(25-26)17-13-6-12-7-14(17)10-21(27,8-12)9-13/h2*3-4,11-14,17,27-28H,2,5-10H2,1H3,(H,23,24). The first-order valence-electron chi connectivity index (χ1n) is 21.6. The molecule has 4 aromatic rings. The molecule has 8 fully saturated rings. The van der Waals surface area contributed by atoms with Gasteiger partial charge >= 0.3 is 14.1 Å². The number of aromatic amines is 2. The summed E-state index contributed by atoms with van der Waals surface area (Å²) in [6, 6.07) is 4.12. The number of hydrogen-bond donors (Lipinski definition) is 6. The minimum absolute atomic E-state index is 0.364. The lowest BCUT2D eigenvalue weighted by molar-refractivity contribution is -0.138. The molecule has 56 heavy (non-hydrogen) atoms. The van der Waals surface area contributed by atoms with Crippen molar-refractivity contribution in [2.45, 2.75) is 102 Å². The second-order valence-corrected chi connectivity index (χ2v) is 19.1. The first-order chi connectivity index (χ1) is 27.1. The third kappa shape index (κ3) is 5.41. The van der Waals surface area contributed by atoms with Crippen LogP contribution in [-0.4, -0.2) is 99.9 Å². The van der Waals surface area contributed by atoms with Crippen molar-refractivity contribution in [2.24, 2.45) is 57.5 Å². The average molecular weight is 757 g/mol. The predicted octanol–water partition coefficient (Wildman–Crippen LogP) is 3.73. The maximum Gasteiger partial charge on any atom is 0.468 e. The molecular weight excluding hydrogens is 702 g/mol. The third-order valence-corrected chi connectivity index (χ3v) is 15.4. The first kappa shape index (κ1) is 35.5. The third-order valence-electron chi connectivity index (χ3n) is 15.4. The SMILES string of the molecule is CCCN1N=C(C2C3CC4CC2CC(O)(C4)C3)c2c(cnc3[nH]ccc23)B1O.CCCN1N=C(C2C3CC4CC2CC(O)(C4)C3)c2c(cnc3[nH]ccc23)B1O. The van der Waals surface area contributed by atoms with Crippen LogP contribution in [0.3, 0.4) is 0 Å². The summed E-state index contributed by atoms with van der Waals surface area (Å²) in [6.07, 6.45) is 19.7. The second kappa shape index (κ2) is 12.9. The van der Waals surface area contributed by atoms with E-state index in [0.29, 0.717) is 47.3 Å². The van der Waals surface area contributed by atoms with Gasteiger partial charge in [-0.25, -0.2) is 9.97 Å². The van der Waals surface area contributed by atoms with Gasteiger partial charge < -0.3 is 40.1 Å². The molecule has 2 aliphatic heterocycles. The van der Waals surface area contributed by atoms with Gasteiger partial charge in [-0.15, -0.1) is 0 Å². The molecule has 4 aromatic heterocycles. The van der Waals surface area contributed by atoms with Crippen molar-refractivity contribution in [1.29, 1.82) is 0 Å². The van der Waals surface area contributed by atoms with Gasteiger partial charge in [0.05, 0.1) is 22.6 Å². The predicted molar refractivity (Wildman–Crippen MR) is 218 cm³/mol. The summed E-state index contributed by atoms with van der Waals surface area (Å²) < 4.78 is 0. The van der Waals surface area contributed by atoms with Gasteiger partial charge in [-0.3, -0.25) is 0 Å². The topological polar surface area (TPSA) is 169 Å². The lowest BCUT2D eigenvalue weighted by Crippen LogP contribution is -2.59. The van der Waals surface area contributed by atoms with E-state index in [9.17, 15) is 20.3 Å². The maximum atomic E-state index is 11.0. The largest absolute Gasteiger partial charge is 0.468 e. The molecule has 0 radical (unpaired) electrons. The fourth-order valence-electron chi connectivity index (χ4n) is 13.9. The van der Waals surface area contributed by atoms with Crippen LogP contribution in [0.5, 0.6) is 0 Å². The van der Waals surface area contributed by atoms with Crippen molar-refractivity contribution in [1.82, 2.24) is 29.8 Å². The van der Waals surface area contributed by atoms with Gasteiger partial charge in [0.25, 0.3) is 0 Å². The molecule has 6 N–H and O–H groups in total. The van der Waals surface area contributed by atoms with Crippen LogP contribution in [-0.2, 0) is 0 Å². The molecule has 0 saturated heterocycles. The van der Waals surface area contributed by atoms with Crippen LogP contribution in [0, 0.1) is 47.3 Å². The Morgan fingerprint density at radius 1 is 0.643 bits per heavy atom. The Morgan fingerprint density at radius 3 is 1.39 bits per heavy atom. The summed E-state index contributed by atoms with van der Waals surface area (Å²) in [6.45, 7) is 5.68. The van der Waals surface area contributed by atoms with E-state index in [2.05, 4.69) is 45.9 Å². The molecule has 0 amide bonds. The molecule has 12 nitrogen and oxygen atoms in total. The molecule has 6 heterocycles. The Hall–Kier alpha value is -3.71. The van der Waals surface area contributed by atoms with Gasteiger partial charge in [0.1, 0.15) is 11.3 Å². The van der Waals surface area contributed by atoms with Crippen LogP contribution >= 0.6 is 0 Å². The number of nitrogens with zero attached hydrogens (tertiary/aromatic N) is 6.